The van der Waals surface area contributed by atoms with E-state index in [1.165, 1.54) is 18.3 Å². The summed E-state index contributed by atoms with van der Waals surface area (Å²) >= 11 is 0. The van der Waals surface area contributed by atoms with Gasteiger partial charge in [-0.05, 0) is 42.4 Å². The third-order valence-electron chi connectivity index (χ3n) is 5.22. The van der Waals surface area contributed by atoms with Gasteiger partial charge in [0.2, 0.25) is 0 Å². The van der Waals surface area contributed by atoms with Crippen LogP contribution in [0.2, 0.25) is 0 Å². The minimum absolute atomic E-state index is 0.0530. The van der Waals surface area contributed by atoms with Gasteiger partial charge in [-0.2, -0.15) is 13.2 Å². The van der Waals surface area contributed by atoms with Crippen molar-refractivity contribution in [2.75, 3.05) is 38.7 Å². The smallest absolute Gasteiger partial charge is 0.416 e. The van der Waals surface area contributed by atoms with Crippen LogP contribution in [0.1, 0.15) is 16.7 Å². The monoisotopic (exact) mass is 461 g/mol. The van der Waals surface area contributed by atoms with Gasteiger partial charge < -0.3 is 21.2 Å². The lowest BCUT2D eigenvalue weighted by Gasteiger charge is -2.20. The number of alkyl halides is 3. The van der Waals surface area contributed by atoms with Gasteiger partial charge >= 0.3 is 6.18 Å². The molecule has 2 aromatic carbocycles. The first-order valence-corrected chi connectivity index (χ1v) is 10.3. The number of benzene rings is 2. The van der Waals surface area contributed by atoms with E-state index in [4.69, 9.17) is 15.9 Å². The molecule has 4 N–H and O–H groups in total. The number of nitrogens with zero attached hydrogens (tertiary/aromatic N) is 2. The topological polar surface area (TPSA) is 94.7 Å². The molecule has 0 spiro atoms. The Morgan fingerprint density at radius 3 is 2.52 bits per heavy atom. The average molecular weight is 461 g/mol. The fourth-order valence-corrected chi connectivity index (χ4v) is 3.54. The van der Waals surface area contributed by atoms with Gasteiger partial charge in [-0.15, -0.1) is 0 Å². The number of hydrogen-bond donors (Lipinski definition) is 3. The summed E-state index contributed by atoms with van der Waals surface area (Å²) in [4.78, 5) is 16.2. The standard InChI is InChI=1S/C23H26F3N5O2/c1-30-8-9-31(15-30)13-17-2-5-19(10-21(17)23(24,25)26)29-22(32)14-33-20-6-3-16(4-7-20)18(11-27)12-28/h2-7,10-12,27H,8-9,13-15,28H2,1H3,(H,29,32)/b18-12+,27-11?. The lowest BCUT2D eigenvalue weighted by molar-refractivity contribution is -0.138. The van der Waals surface area contributed by atoms with E-state index in [-0.39, 0.29) is 24.4 Å². The van der Waals surface area contributed by atoms with E-state index in [1.54, 1.807) is 24.3 Å². The van der Waals surface area contributed by atoms with Gasteiger partial charge in [-0.25, -0.2) is 0 Å². The van der Waals surface area contributed by atoms with Crippen molar-refractivity contribution in [2.24, 2.45) is 5.73 Å². The number of halogens is 3. The van der Waals surface area contributed by atoms with Crippen molar-refractivity contribution in [1.29, 1.82) is 5.41 Å². The number of ether oxygens (including phenoxy) is 1. The molecule has 0 unspecified atom stereocenters. The van der Waals surface area contributed by atoms with Crippen LogP contribution in [0, 0.1) is 5.41 Å². The van der Waals surface area contributed by atoms with Gasteiger partial charge in [0.1, 0.15) is 5.75 Å². The normalized spacial score (nSPS) is 15.5. The van der Waals surface area contributed by atoms with Crippen molar-refractivity contribution in [1.82, 2.24) is 9.80 Å². The SMILES string of the molecule is CN1CCN(Cc2ccc(NC(=O)COc3ccc(/C(C=N)=C/N)cc3)cc2C(F)(F)F)C1. The number of carbonyl (C=O) groups excluding carboxylic acids is 1. The predicted octanol–water partition coefficient (Wildman–Crippen LogP) is 3.38. The second-order valence-corrected chi connectivity index (χ2v) is 7.77. The Kier molecular flexibility index (Phi) is 7.72. The zero-order chi connectivity index (χ0) is 24.0. The molecule has 1 saturated heterocycles. The van der Waals surface area contributed by atoms with Crippen molar-refractivity contribution in [3.63, 3.8) is 0 Å². The number of hydrogen-bond acceptors (Lipinski definition) is 6. The highest BCUT2D eigenvalue weighted by atomic mass is 19.4. The van der Waals surface area contributed by atoms with Gasteiger partial charge in [0.15, 0.2) is 6.61 Å². The van der Waals surface area contributed by atoms with E-state index < -0.39 is 17.6 Å². The molecule has 0 aromatic heterocycles. The number of rotatable bonds is 8. The first-order chi connectivity index (χ1) is 15.7. The zero-order valence-electron chi connectivity index (χ0n) is 18.2. The number of likely N-dealkylation sites (N-methyl/N-ethyl adjacent to an activating group) is 1. The van der Waals surface area contributed by atoms with E-state index in [0.29, 0.717) is 30.1 Å². The number of carbonyl (C=O) groups is 1. The first-order valence-electron chi connectivity index (χ1n) is 10.3. The van der Waals surface area contributed by atoms with Crippen LogP contribution in [0.4, 0.5) is 18.9 Å². The summed E-state index contributed by atoms with van der Waals surface area (Å²) < 4.78 is 46.3. The summed E-state index contributed by atoms with van der Waals surface area (Å²) in [5.41, 5.74) is 6.15. The Morgan fingerprint density at radius 2 is 1.94 bits per heavy atom. The number of nitrogens with two attached hydrogens (primary N) is 1. The van der Waals surface area contributed by atoms with Crippen LogP contribution in [0.15, 0.2) is 48.7 Å². The van der Waals surface area contributed by atoms with Crippen molar-refractivity contribution >= 4 is 23.4 Å². The third-order valence-corrected chi connectivity index (χ3v) is 5.22. The summed E-state index contributed by atoms with van der Waals surface area (Å²) in [5.74, 6) is -0.180. The van der Waals surface area contributed by atoms with E-state index in [2.05, 4.69) is 5.32 Å². The Balaban J connectivity index is 1.62. The van der Waals surface area contributed by atoms with E-state index in [0.717, 1.165) is 18.8 Å². The molecule has 2 aromatic rings. The largest absolute Gasteiger partial charge is 0.484 e. The molecule has 7 nitrogen and oxygen atoms in total. The van der Waals surface area contributed by atoms with Gasteiger partial charge in [0, 0.05) is 43.3 Å². The summed E-state index contributed by atoms with van der Waals surface area (Å²) in [5, 5.41) is 9.75. The van der Waals surface area contributed by atoms with Crippen LogP contribution in [0.25, 0.3) is 5.57 Å². The number of allylic oxidation sites excluding steroid dienone is 1. The second-order valence-electron chi connectivity index (χ2n) is 7.77. The molecular weight excluding hydrogens is 435 g/mol. The molecular formula is C23H26F3N5O2. The van der Waals surface area contributed by atoms with Gasteiger partial charge in [0.05, 0.1) is 12.2 Å². The lowest BCUT2D eigenvalue weighted by atomic mass is 10.1. The highest BCUT2D eigenvalue weighted by Gasteiger charge is 2.34. The van der Waals surface area contributed by atoms with Crippen LogP contribution in [0.5, 0.6) is 5.75 Å². The highest BCUT2D eigenvalue weighted by Crippen LogP contribution is 2.34. The van der Waals surface area contributed by atoms with Crippen molar-refractivity contribution in [3.05, 3.63) is 65.4 Å². The molecule has 1 fully saturated rings. The fourth-order valence-electron chi connectivity index (χ4n) is 3.54. The van der Waals surface area contributed by atoms with Crippen LogP contribution < -0.4 is 15.8 Å². The molecule has 0 saturated carbocycles. The van der Waals surface area contributed by atoms with Crippen molar-refractivity contribution in [2.45, 2.75) is 12.7 Å². The van der Waals surface area contributed by atoms with E-state index >= 15 is 0 Å². The van der Waals surface area contributed by atoms with E-state index in [1.807, 2.05) is 16.8 Å². The molecule has 0 radical (unpaired) electrons. The lowest BCUT2D eigenvalue weighted by Crippen LogP contribution is -2.25. The van der Waals surface area contributed by atoms with Crippen LogP contribution in [-0.4, -0.2) is 55.3 Å². The van der Waals surface area contributed by atoms with Crippen LogP contribution in [0.3, 0.4) is 0 Å². The Labute approximate surface area is 190 Å². The summed E-state index contributed by atoms with van der Waals surface area (Å²) in [7, 11) is 1.92. The fraction of sp³-hybridized carbons (Fsp3) is 0.304. The average Bonchev–Trinajstić information content (AvgIpc) is 3.19. The first kappa shape index (κ1) is 24.3. The maximum absolute atomic E-state index is 13.6. The Bertz CT molecular complexity index is 1020. The summed E-state index contributed by atoms with van der Waals surface area (Å²) in [6.07, 6.45) is -2.11. The summed E-state index contributed by atoms with van der Waals surface area (Å²) in [6, 6.07) is 10.4. The van der Waals surface area contributed by atoms with Gasteiger partial charge in [-0.1, -0.05) is 18.2 Å². The molecule has 3 rings (SSSR count). The Morgan fingerprint density at radius 1 is 1.21 bits per heavy atom. The number of nitrogens with one attached hydrogen (secondary N) is 2. The van der Waals surface area contributed by atoms with Crippen LogP contribution in [-0.2, 0) is 17.5 Å². The minimum atomic E-state index is -4.53. The predicted molar refractivity (Wildman–Crippen MR) is 121 cm³/mol. The highest BCUT2D eigenvalue weighted by molar-refractivity contribution is 6.08. The molecule has 1 amide bonds. The molecule has 1 heterocycles. The number of amides is 1. The number of anilines is 1. The molecule has 0 aliphatic carbocycles. The van der Waals surface area contributed by atoms with Crippen LogP contribution >= 0.6 is 0 Å². The molecule has 10 heteroatoms. The quantitative estimate of drug-likeness (QED) is 0.524. The molecule has 0 atom stereocenters. The maximum Gasteiger partial charge on any atom is 0.416 e. The molecule has 0 bridgehead atoms. The Hall–Kier alpha value is -3.37. The zero-order valence-corrected chi connectivity index (χ0v) is 18.2. The van der Waals surface area contributed by atoms with Crippen molar-refractivity contribution in [3.8, 4) is 5.75 Å². The van der Waals surface area contributed by atoms with Gasteiger partial charge in [0.25, 0.3) is 5.91 Å². The molecule has 1 aliphatic rings. The molecule has 1 aliphatic heterocycles. The maximum atomic E-state index is 13.6. The van der Waals surface area contributed by atoms with Crippen molar-refractivity contribution < 1.29 is 22.7 Å². The van der Waals surface area contributed by atoms with Gasteiger partial charge in [-0.3, -0.25) is 14.6 Å². The molecule has 176 valence electrons. The second kappa shape index (κ2) is 10.5. The summed E-state index contributed by atoms with van der Waals surface area (Å²) in [6.45, 7) is 1.94. The van der Waals surface area contributed by atoms with E-state index in [9.17, 15) is 18.0 Å². The minimum Gasteiger partial charge on any atom is -0.484 e. The third kappa shape index (κ3) is 6.56. The molecule has 33 heavy (non-hydrogen) atoms.